The first-order valence-electron chi connectivity index (χ1n) is 4.72. The summed E-state index contributed by atoms with van der Waals surface area (Å²) in [6.45, 7) is 6.86. The molecule has 0 aliphatic carbocycles. The quantitative estimate of drug-likeness (QED) is 0.535. The average molecular weight is 177 g/mol. The predicted octanol–water partition coefficient (Wildman–Crippen LogP) is 4.08. The van der Waals surface area contributed by atoms with Crippen molar-refractivity contribution >= 4 is 11.6 Å². The molecule has 0 rings (SSSR count). The Bertz CT molecular complexity index is 78.9. The summed E-state index contributed by atoms with van der Waals surface area (Å²) in [7, 11) is 0. The first kappa shape index (κ1) is 11.3. The van der Waals surface area contributed by atoms with Crippen molar-refractivity contribution in [3.63, 3.8) is 0 Å². The zero-order valence-electron chi connectivity index (χ0n) is 8.07. The largest absolute Gasteiger partial charge is 0.127 e. The molecule has 1 heteroatoms. The van der Waals surface area contributed by atoms with Gasteiger partial charge in [0.2, 0.25) is 0 Å². The highest BCUT2D eigenvalue weighted by Crippen LogP contribution is 2.15. The lowest BCUT2D eigenvalue weighted by Gasteiger charge is -2.09. The molecular formula is C10H21Cl. The van der Waals surface area contributed by atoms with E-state index in [4.69, 9.17) is 11.6 Å². The molecule has 68 valence electrons. The highest BCUT2D eigenvalue weighted by atomic mass is 35.5. The maximum Gasteiger partial charge on any atom is 0.0225 e. The lowest BCUT2D eigenvalue weighted by Crippen LogP contribution is -1.97. The van der Waals surface area contributed by atoms with E-state index in [1.165, 1.54) is 25.7 Å². The van der Waals surface area contributed by atoms with Gasteiger partial charge < -0.3 is 0 Å². The third-order valence-electron chi connectivity index (χ3n) is 2.08. The highest BCUT2D eigenvalue weighted by Gasteiger charge is 2.01. The SMILES string of the molecule is CC(C)CCC[C@@H](C)CCCl. The van der Waals surface area contributed by atoms with Crippen LogP contribution < -0.4 is 0 Å². The van der Waals surface area contributed by atoms with E-state index in [9.17, 15) is 0 Å². The fourth-order valence-electron chi connectivity index (χ4n) is 1.21. The van der Waals surface area contributed by atoms with Gasteiger partial charge >= 0.3 is 0 Å². The summed E-state index contributed by atoms with van der Waals surface area (Å²) >= 11 is 5.64. The van der Waals surface area contributed by atoms with E-state index in [0.29, 0.717) is 0 Å². The molecule has 0 amide bonds. The molecular weight excluding hydrogens is 156 g/mol. The maximum absolute atomic E-state index is 5.64. The van der Waals surface area contributed by atoms with Crippen LogP contribution in [0.4, 0.5) is 0 Å². The molecule has 0 N–H and O–H groups in total. The minimum absolute atomic E-state index is 0.822. The second-order valence-electron chi connectivity index (χ2n) is 3.91. The molecule has 1 atom stereocenters. The Labute approximate surface area is 76.3 Å². The van der Waals surface area contributed by atoms with Gasteiger partial charge in [-0.3, -0.25) is 0 Å². The van der Waals surface area contributed by atoms with E-state index in [-0.39, 0.29) is 0 Å². The molecule has 0 aromatic rings. The number of hydrogen-bond acceptors (Lipinski definition) is 0. The van der Waals surface area contributed by atoms with Crippen molar-refractivity contribution in [2.75, 3.05) is 5.88 Å². The Morgan fingerprint density at radius 1 is 1.00 bits per heavy atom. The fraction of sp³-hybridized carbons (Fsp3) is 1.00. The monoisotopic (exact) mass is 176 g/mol. The number of halogens is 1. The van der Waals surface area contributed by atoms with Gasteiger partial charge in [0, 0.05) is 5.88 Å². The van der Waals surface area contributed by atoms with Gasteiger partial charge in [0.25, 0.3) is 0 Å². The van der Waals surface area contributed by atoms with Gasteiger partial charge in [-0.25, -0.2) is 0 Å². The van der Waals surface area contributed by atoms with Crippen LogP contribution in [0.1, 0.15) is 46.5 Å². The van der Waals surface area contributed by atoms with Gasteiger partial charge in [-0.2, -0.15) is 0 Å². The molecule has 0 spiro atoms. The molecule has 0 bridgehead atoms. The summed E-state index contributed by atoms with van der Waals surface area (Å²) in [6, 6.07) is 0. The predicted molar refractivity (Wildman–Crippen MR) is 53.2 cm³/mol. The number of rotatable bonds is 6. The zero-order valence-corrected chi connectivity index (χ0v) is 8.82. The smallest absolute Gasteiger partial charge is 0.0225 e. The van der Waals surface area contributed by atoms with Gasteiger partial charge in [0.1, 0.15) is 0 Å². The summed E-state index contributed by atoms with van der Waals surface area (Å²) in [5.74, 6) is 2.51. The van der Waals surface area contributed by atoms with Gasteiger partial charge in [-0.1, -0.05) is 40.0 Å². The fourth-order valence-corrected chi connectivity index (χ4v) is 1.58. The molecule has 0 nitrogen and oxygen atoms in total. The van der Waals surface area contributed by atoms with Crippen LogP contribution in [0.15, 0.2) is 0 Å². The van der Waals surface area contributed by atoms with E-state index < -0.39 is 0 Å². The highest BCUT2D eigenvalue weighted by molar-refractivity contribution is 6.17. The van der Waals surface area contributed by atoms with Gasteiger partial charge in [0.05, 0.1) is 0 Å². The van der Waals surface area contributed by atoms with Crippen molar-refractivity contribution < 1.29 is 0 Å². The summed E-state index contributed by atoms with van der Waals surface area (Å²) < 4.78 is 0. The third-order valence-corrected chi connectivity index (χ3v) is 2.30. The van der Waals surface area contributed by atoms with Crippen molar-refractivity contribution in [2.24, 2.45) is 11.8 Å². The Morgan fingerprint density at radius 2 is 1.64 bits per heavy atom. The number of hydrogen-bond donors (Lipinski definition) is 0. The van der Waals surface area contributed by atoms with E-state index in [2.05, 4.69) is 20.8 Å². The molecule has 0 unspecified atom stereocenters. The van der Waals surface area contributed by atoms with Gasteiger partial charge in [0.15, 0.2) is 0 Å². The topological polar surface area (TPSA) is 0 Å². The van der Waals surface area contributed by atoms with Gasteiger partial charge in [-0.15, -0.1) is 11.6 Å². The van der Waals surface area contributed by atoms with Crippen molar-refractivity contribution in [1.29, 1.82) is 0 Å². The Kier molecular flexibility index (Phi) is 7.15. The van der Waals surface area contributed by atoms with E-state index in [0.717, 1.165) is 17.7 Å². The van der Waals surface area contributed by atoms with Gasteiger partial charge in [-0.05, 0) is 18.3 Å². The molecule has 0 saturated carbocycles. The normalized spacial score (nSPS) is 13.9. The maximum atomic E-state index is 5.64. The van der Waals surface area contributed by atoms with Crippen LogP contribution in [0, 0.1) is 11.8 Å². The second kappa shape index (κ2) is 6.97. The molecule has 0 radical (unpaired) electrons. The molecule has 0 aromatic heterocycles. The standard InChI is InChI=1S/C10H21Cl/c1-9(2)5-4-6-10(3)7-8-11/h9-10H,4-8H2,1-3H3/t10-/m1/s1. The van der Waals surface area contributed by atoms with Crippen LogP contribution in [-0.2, 0) is 0 Å². The number of alkyl halides is 1. The van der Waals surface area contributed by atoms with Crippen molar-refractivity contribution in [3.05, 3.63) is 0 Å². The first-order chi connectivity index (χ1) is 5.16. The second-order valence-corrected chi connectivity index (χ2v) is 4.29. The lowest BCUT2D eigenvalue weighted by molar-refractivity contribution is 0.450. The molecule has 0 heterocycles. The molecule has 0 aliphatic rings. The molecule has 11 heavy (non-hydrogen) atoms. The van der Waals surface area contributed by atoms with Crippen LogP contribution >= 0.6 is 11.6 Å². The lowest BCUT2D eigenvalue weighted by atomic mass is 9.98. The van der Waals surface area contributed by atoms with E-state index in [1.54, 1.807) is 0 Å². The zero-order chi connectivity index (χ0) is 8.69. The van der Waals surface area contributed by atoms with Crippen LogP contribution in [-0.4, -0.2) is 5.88 Å². The summed E-state index contributed by atoms with van der Waals surface area (Å²) in [5, 5.41) is 0. The van der Waals surface area contributed by atoms with Crippen LogP contribution in [0.3, 0.4) is 0 Å². The minimum atomic E-state index is 0.822. The van der Waals surface area contributed by atoms with E-state index in [1.807, 2.05) is 0 Å². The van der Waals surface area contributed by atoms with Crippen molar-refractivity contribution in [2.45, 2.75) is 46.5 Å². The molecule has 0 fully saturated rings. The van der Waals surface area contributed by atoms with Crippen molar-refractivity contribution in [3.8, 4) is 0 Å². The molecule has 0 aromatic carbocycles. The first-order valence-corrected chi connectivity index (χ1v) is 5.26. The van der Waals surface area contributed by atoms with Crippen LogP contribution in [0.5, 0.6) is 0 Å². The average Bonchev–Trinajstić information content (AvgIpc) is 1.87. The van der Waals surface area contributed by atoms with E-state index >= 15 is 0 Å². The minimum Gasteiger partial charge on any atom is -0.127 e. The van der Waals surface area contributed by atoms with Crippen LogP contribution in [0.2, 0.25) is 0 Å². The Morgan fingerprint density at radius 3 is 2.09 bits per heavy atom. The van der Waals surface area contributed by atoms with Crippen molar-refractivity contribution in [1.82, 2.24) is 0 Å². The summed E-state index contributed by atoms with van der Waals surface area (Å²) in [5.41, 5.74) is 0. The molecule has 0 aliphatic heterocycles. The third kappa shape index (κ3) is 8.19. The molecule has 0 saturated heterocycles. The summed E-state index contributed by atoms with van der Waals surface area (Å²) in [6.07, 6.45) is 5.27. The summed E-state index contributed by atoms with van der Waals surface area (Å²) in [4.78, 5) is 0. The Balaban J connectivity index is 3.10. The Hall–Kier alpha value is 0.290. The van der Waals surface area contributed by atoms with Crippen LogP contribution in [0.25, 0.3) is 0 Å².